The lowest BCUT2D eigenvalue weighted by molar-refractivity contribution is 0.309. The second kappa shape index (κ2) is 5.29. The fraction of sp³-hybridized carbons (Fsp3) is 0.538. The molecular formula is C13H22N2. The molecule has 0 radical (unpaired) electrons. The lowest BCUT2D eigenvalue weighted by Crippen LogP contribution is -2.43. The molecule has 0 fully saturated rings. The number of hydrogen-bond acceptors (Lipinski definition) is 2. The molecule has 0 unspecified atom stereocenters. The normalized spacial score (nSPS) is 13.9. The molecule has 1 rings (SSSR count). The highest BCUT2D eigenvalue weighted by Gasteiger charge is 2.19. The van der Waals surface area contributed by atoms with E-state index in [1.54, 1.807) is 0 Å². The minimum absolute atomic E-state index is 0.170. The summed E-state index contributed by atoms with van der Waals surface area (Å²) in [6, 6.07) is 10.6. The van der Waals surface area contributed by atoms with E-state index in [0.29, 0.717) is 0 Å². The molecule has 0 aliphatic rings. The Kier molecular flexibility index (Phi) is 4.30. The van der Waals surface area contributed by atoms with Gasteiger partial charge in [-0.15, -0.1) is 0 Å². The summed E-state index contributed by atoms with van der Waals surface area (Å²) in [5, 5.41) is 3.38. The number of nitrogens with one attached hydrogen (secondary N) is 1. The van der Waals surface area contributed by atoms with Crippen molar-refractivity contribution in [3.8, 4) is 0 Å². The summed E-state index contributed by atoms with van der Waals surface area (Å²) in [7, 11) is 0. The van der Waals surface area contributed by atoms with E-state index in [0.717, 1.165) is 13.1 Å². The van der Waals surface area contributed by atoms with Gasteiger partial charge in [-0.2, -0.15) is 0 Å². The standard InChI is InChI=1S/C13H22N2/c1-13(2,3)12(14)10-15-9-11-7-5-4-6-8-11/h4-8,12,15H,9-10,14H2,1-3H3/t12-/m1/s1. The highest BCUT2D eigenvalue weighted by atomic mass is 14.9. The van der Waals surface area contributed by atoms with Crippen molar-refractivity contribution in [3.05, 3.63) is 35.9 Å². The van der Waals surface area contributed by atoms with E-state index in [2.05, 4.69) is 50.4 Å². The molecule has 1 aromatic carbocycles. The minimum atomic E-state index is 0.170. The first-order valence-electron chi connectivity index (χ1n) is 5.50. The Morgan fingerprint density at radius 1 is 1.20 bits per heavy atom. The molecule has 0 saturated carbocycles. The molecular weight excluding hydrogens is 184 g/mol. The Morgan fingerprint density at radius 2 is 1.80 bits per heavy atom. The average molecular weight is 206 g/mol. The number of rotatable bonds is 4. The van der Waals surface area contributed by atoms with Gasteiger partial charge < -0.3 is 11.1 Å². The van der Waals surface area contributed by atoms with E-state index < -0.39 is 0 Å². The summed E-state index contributed by atoms with van der Waals surface area (Å²) in [4.78, 5) is 0. The van der Waals surface area contributed by atoms with Crippen LogP contribution in [-0.4, -0.2) is 12.6 Å². The van der Waals surface area contributed by atoms with Crippen LogP contribution in [0.5, 0.6) is 0 Å². The first kappa shape index (κ1) is 12.2. The van der Waals surface area contributed by atoms with Gasteiger partial charge in [-0.3, -0.25) is 0 Å². The highest BCUT2D eigenvalue weighted by molar-refractivity contribution is 5.14. The van der Waals surface area contributed by atoms with Gasteiger partial charge in [0.1, 0.15) is 0 Å². The first-order valence-corrected chi connectivity index (χ1v) is 5.50. The third-order valence-electron chi connectivity index (χ3n) is 2.65. The Balaban J connectivity index is 2.28. The Hall–Kier alpha value is -0.860. The van der Waals surface area contributed by atoms with E-state index in [4.69, 9.17) is 5.73 Å². The maximum Gasteiger partial charge on any atom is 0.0214 e. The van der Waals surface area contributed by atoms with Crippen molar-refractivity contribution in [1.29, 1.82) is 0 Å². The zero-order valence-electron chi connectivity index (χ0n) is 9.96. The maximum atomic E-state index is 6.05. The Morgan fingerprint density at radius 3 is 2.33 bits per heavy atom. The molecule has 2 heteroatoms. The van der Waals surface area contributed by atoms with E-state index in [1.807, 2.05) is 6.07 Å². The Labute approximate surface area is 92.9 Å². The van der Waals surface area contributed by atoms with Gasteiger partial charge in [0.25, 0.3) is 0 Å². The van der Waals surface area contributed by atoms with Gasteiger partial charge in [0.15, 0.2) is 0 Å². The van der Waals surface area contributed by atoms with Crippen molar-refractivity contribution in [2.24, 2.45) is 11.1 Å². The molecule has 3 N–H and O–H groups in total. The molecule has 0 spiro atoms. The largest absolute Gasteiger partial charge is 0.326 e. The second-order valence-electron chi connectivity index (χ2n) is 5.09. The summed E-state index contributed by atoms with van der Waals surface area (Å²) in [5.41, 5.74) is 7.53. The number of benzene rings is 1. The SMILES string of the molecule is CC(C)(C)[C@H](N)CNCc1ccccc1. The van der Waals surface area contributed by atoms with Crippen molar-refractivity contribution in [1.82, 2.24) is 5.32 Å². The molecule has 1 atom stereocenters. The molecule has 0 amide bonds. The van der Waals surface area contributed by atoms with Crippen molar-refractivity contribution in [2.75, 3.05) is 6.54 Å². The minimum Gasteiger partial charge on any atom is -0.326 e. The third-order valence-corrected chi connectivity index (χ3v) is 2.65. The van der Waals surface area contributed by atoms with Crippen LogP contribution in [0.3, 0.4) is 0 Å². The zero-order chi connectivity index (χ0) is 11.3. The number of nitrogens with two attached hydrogens (primary N) is 1. The molecule has 0 saturated heterocycles. The molecule has 0 aliphatic carbocycles. The van der Waals surface area contributed by atoms with Gasteiger partial charge in [0.2, 0.25) is 0 Å². The molecule has 84 valence electrons. The summed E-state index contributed by atoms with van der Waals surface area (Å²) >= 11 is 0. The predicted octanol–water partition coefficient (Wildman–Crippen LogP) is 2.15. The van der Waals surface area contributed by atoms with Crippen molar-refractivity contribution >= 4 is 0 Å². The Bertz CT molecular complexity index is 274. The van der Waals surface area contributed by atoms with Crippen LogP contribution in [0.1, 0.15) is 26.3 Å². The predicted molar refractivity (Wildman–Crippen MR) is 65.6 cm³/mol. The fourth-order valence-corrected chi connectivity index (χ4v) is 1.27. The smallest absolute Gasteiger partial charge is 0.0214 e. The summed E-state index contributed by atoms with van der Waals surface area (Å²) < 4.78 is 0. The van der Waals surface area contributed by atoms with Crippen LogP contribution in [0.25, 0.3) is 0 Å². The third kappa shape index (κ3) is 4.45. The highest BCUT2D eigenvalue weighted by Crippen LogP contribution is 2.16. The quantitative estimate of drug-likeness (QED) is 0.792. The van der Waals surface area contributed by atoms with Crippen LogP contribution in [0.2, 0.25) is 0 Å². The fourth-order valence-electron chi connectivity index (χ4n) is 1.27. The van der Waals surface area contributed by atoms with E-state index >= 15 is 0 Å². The van der Waals surface area contributed by atoms with Crippen LogP contribution in [0.15, 0.2) is 30.3 Å². The van der Waals surface area contributed by atoms with Gasteiger partial charge in [-0.1, -0.05) is 51.1 Å². The van der Waals surface area contributed by atoms with E-state index in [9.17, 15) is 0 Å². The molecule has 15 heavy (non-hydrogen) atoms. The molecule has 0 aliphatic heterocycles. The van der Waals surface area contributed by atoms with E-state index in [-0.39, 0.29) is 11.5 Å². The lowest BCUT2D eigenvalue weighted by atomic mass is 9.87. The van der Waals surface area contributed by atoms with Crippen LogP contribution in [0, 0.1) is 5.41 Å². The summed E-state index contributed by atoms with van der Waals surface area (Å²) in [6.45, 7) is 8.26. The van der Waals surface area contributed by atoms with Gasteiger partial charge >= 0.3 is 0 Å². The van der Waals surface area contributed by atoms with Gasteiger partial charge in [-0.05, 0) is 11.0 Å². The summed E-state index contributed by atoms with van der Waals surface area (Å²) in [5.74, 6) is 0. The van der Waals surface area contributed by atoms with Crippen LogP contribution in [0.4, 0.5) is 0 Å². The van der Waals surface area contributed by atoms with E-state index in [1.165, 1.54) is 5.56 Å². The topological polar surface area (TPSA) is 38.0 Å². The van der Waals surface area contributed by atoms with Gasteiger partial charge in [0, 0.05) is 19.1 Å². The van der Waals surface area contributed by atoms with Crippen LogP contribution >= 0.6 is 0 Å². The second-order valence-corrected chi connectivity index (χ2v) is 5.09. The zero-order valence-corrected chi connectivity index (χ0v) is 9.96. The van der Waals surface area contributed by atoms with Gasteiger partial charge in [0.05, 0.1) is 0 Å². The molecule has 1 aromatic rings. The molecule has 2 nitrogen and oxygen atoms in total. The number of hydrogen-bond donors (Lipinski definition) is 2. The lowest BCUT2D eigenvalue weighted by Gasteiger charge is -2.27. The molecule has 0 aromatic heterocycles. The van der Waals surface area contributed by atoms with Crippen LogP contribution in [-0.2, 0) is 6.54 Å². The summed E-state index contributed by atoms with van der Waals surface area (Å²) in [6.07, 6.45) is 0. The monoisotopic (exact) mass is 206 g/mol. The molecule has 0 heterocycles. The van der Waals surface area contributed by atoms with Crippen LogP contribution < -0.4 is 11.1 Å². The van der Waals surface area contributed by atoms with Gasteiger partial charge in [-0.25, -0.2) is 0 Å². The maximum absolute atomic E-state index is 6.05. The first-order chi connectivity index (χ1) is 7.00. The van der Waals surface area contributed by atoms with Crippen molar-refractivity contribution in [2.45, 2.75) is 33.4 Å². The average Bonchev–Trinajstić information content (AvgIpc) is 2.18. The van der Waals surface area contributed by atoms with Crippen molar-refractivity contribution < 1.29 is 0 Å². The van der Waals surface area contributed by atoms with Crippen molar-refractivity contribution in [3.63, 3.8) is 0 Å². The molecule has 0 bridgehead atoms.